The molecule has 0 aliphatic rings. The van der Waals surface area contributed by atoms with Crippen molar-refractivity contribution in [2.24, 2.45) is 0 Å². The number of benzene rings is 2. The van der Waals surface area contributed by atoms with Crippen LogP contribution in [0.4, 0.5) is 4.39 Å². The maximum absolute atomic E-state index is 13.9. The zero-order valence-corrected chi connectivity index (χ0v) is 12.6. The van der Waals surface area contributed by atoms with Crippen LogP contribution in [-0.4, -0.2) is 17.7 Å². The number of hydrogen-bond acceptors (Lipinski definition) is 5. The van der Waals surface area contributed by atoms with E-state index in [-0.39, 0.29) is 5.75 Å². The van der Waals surface area contributed by atoms with Crippen LogP contribution in [0.5, 0.6) is 5.75 Å². The normalized spacial score (nSPS) is 10.8. The lowest BCUT2D eigenvalue weighted by Gasteiger charge is -2.08. The molecule has 0 N–H and O–H groups in total. The number of carbonyl (C=O) groups excluding carboxylic acids is 1. The lowest BCUT2D eigenvalue weighted by molar-refractivity contribution is -0.307. The Balaban J connectivity index is 2.07. The highest BCUT2D eigenvalue weighted by Gasteiger charge is 2.16. The van der Waals surface area contributed by atoms with Gasteiger partial charge in [0.1, 0.15) is 23.9 Å². The predicted molar refractivity (Wildman–Crippen MR) is 77.6 cm³/mol. The van der Waals surface area contributed by atoms with Gasteiger partial charge in [0.2, 0.25) is 0 Å². The molecule has 0 spiro atoms. The van der Waals surface area contributed by atoms with Crippen molar-refractivity contribution >= 4 is 32.9 Å². The molecule has 22 heavy (non-hydrogen) atoms. The van der Waals surface area contributed by atoms with Crippen molar-refractivity contribution in [1.82, 2.24) is 5.16 Å². The van der Waals surface area contributed by atoms with Crippen molar-refractivity contribution in [2.45, 2.75) is 0 Å². The minimum atomic E-state index is -1.34. The van der Waals surface area contributed by atoms with Gasteiger partial charge in [-0.05, 0) is 34.1 Å². The van der Waals surface area contributed by atoms with Crippen LogP contribution in [0.2, 0.25) is 0 Å². The van der Waals surface area contributed by atoms with Crippen molar-refractivity contribution in [3.63, 3.8) is 0 Å². The van der Waals surface area contributed by atoms with Gasteiger partial charge in [-0.3, -0.25) is 0 Å². The van der Waals surface area contributed by atoms with E-state index >= 15 is 0 Å². The highest BCUT2D eigenvalue weighted by atomic mass is 79.9. The molecule has 5 nitrogen and oxygen atoms in total. The molecule has 0 radical (unpaired) electrons. The highest BCUT2D eigenvalue weighted by molar-refractivity contribution is 9.10. The maximum atomic E-state index is 13.9. The second-order valence-corrected chi connectivity index (χ2v) is 5.30. The van der Waals surface area contributed by atoms with Crippen LogP contribution in [0, 0.1) is 5.82 Å². The molecule has 1 aromatic heterocycles. The summed E-state index contributed by atoms with van der Waals surface area (Å²) in [5, 5.41) is 14.9. The van der Waals surface area contributed by atoms with E-state index in [1.165, 1.54) is 12.1 Å². The summed E-state index contributed by atoms with van der Waals surface area (Å²) >= 11 is 3.28. The van der Waals surface area contributed by atoms with E-state index in [2.05, 4.69) is 21.1 Å². The largest absolute Gasteiger partial charge is 0.546 e. The topological polar surface area (TPSA) is 75.4 Å². The summed E-state index contributed by atoms with van der Waals surface area (Å²) in [6.45, 7) is -0.585. The Morgan fingerprint density at radius 2 is 2.14 bits per heavy atom. The third kappa shape index (κ3) is 2.67. The molecule has 2 aromatic carbocycles. The van der Waals surface area contributed by atoms with Crippen LogP contribution in [0.15, 0.2) is 45.4 Å². The molecule has 0 bridgehead atoms. The summed E-state index contributed by atoms with van der Waals surface area (Å²) in [4.78, 5) is 10.4. The molecule has 0 saturated carbocycles. The molecule has 0 atom stereocenters. The average Bonchev–Trinajstić information content (AvgIpc) is 2.88. The van der Waals surface area contributed by atoms with E-state index < -0.39 is 18.4 Å². The van der Waals surface area contributed by atoms with Gasteiger partial charge in [0.05, 0.1) is 15.8 Å². The second-order valence-electron chi connectivity index (χ2n) is 4.45. The lowest BCUT2D eigenvalue weighted by atomic mass is 10.1. The molecule has 0 amide bonds. The molecule has 0 saturated heterocycles. The summed E-state index contributed by atoms with van der Waals surface area (Å²) in [5.74, 6) is -1.48. The van der Waals surface area contributed by atoms with Crippen molar-refractivity contribution in [1.29, 1.82) is 0 Å². The van der Waals surface area contributed by atoms with E-state index in [9.17, 15) is 14.3 Å². The van der Waals surface area contributed by atoms with Gasteiger partial charge in [-0.15, -0.1) is 0 Å². The Kier molecular flexibility index (Phi) is 3.81. The Bertz CT molecular complexity index is 862. The molecular formula is C15H8BrFNO4-. The summed E-state index contributed by atoms with van der Waals surface area (Å²) in [6.07, 6.45) is 0. The number of halogens is 2. The van der Waals surface area contributed by atoms with Crippen LogP contribution >= 0.6 is 15.9 Å². The first kappa shape index (κ1) is 14.5. The van der Waals surface area contributed by atoms with Crippen molar-refractivity contribution in [2.75, 3.05) is 6.61 Å². The number of fused-ring (bicyclic) bond motifs is 1. The molecule has 7 heteroatoms. The third-order valence-electron chi connectivity index (χ3n) is 3.00. The van der Waals surface area contributed by atoms with Gasteiger partial charge in [0.15, 0.2) is 5.58 Å². The van der Waals surface area contributed by atoms with Gasteiger partial charge >= 0.3 is 0 Å². The van der Waals surface area contributed by atoms with Crippen molar-refractivity contribution < 1.29 is 23.6 Å². The summed E-state index contributed by atoms with van der Waals surface area (Å²) in [7, 11) is 0. The van der Waals surface area contributed by atoms with E-state index in [1.807, 2.05) is 0 Å². The third-order valence-corrected chi connectivity index (χ3v) is 3.62. The monoisotopic (exact) mass is 364 g/mol. The number of rotatable bonds is 4. The van der Waals surface area contributed by atoms with Gasteiger partial charge in [-0.25, -0.2) is 4.39 Å². The fourth-order valence-corrected chi connectivity index (χ4v) is 2.49. The smallest absolute Gasteiger partial charge is 0.171 e. The van der Waals surface area contributed by atoms with Crippen LogP contribution in [0.25, 0.3) is 22.2 Å². The molecule has 0 unspecified atom stereocenters. The Morgan fingerprint density at radius 3 is 2.86 bits per heavy atom. The fraction of sp³-hybridized carbons (Fsp3) is 0.0667. The van der Waals surface area contributed by atoms with E-state index in [4.69, 9.17) is 9.26 Å². The predicted octanol–water partition coefficient (Wildman–Crippen LogP) is 2.53. The quantitative estimate of drug-likeness (QED) is 0.710. The fourth-order valence-electron chi connectivity index (χ4n) is 2.03. The first-order chi connectivity index (χ1) is 10.6. The van der Waals surface area contributed by atoms with E-state index in [0.29, 0.717) is 26.7 Å². The lowest BCUT2D eigenvalue weighted by Crippen LogP contribution is -2.28. The Labute approximate surface area is 132 Å². The van der Waals surface area contributed by atoms with Crippen LogP contribution in [-0.2, 0) is 4.79 Å². The summed E-state index contributed by atoms with van der Waals surface area (Å²) in [6, 6.07) is 9.34. The molecule has 3 rings (SSSR count). The molecule has 3 aromatic rings. The van der Waals surface area contributed by atoms with Gasteiger partial charge < -0.3 is 19.2 Å². The molecule has 0 aliphatic heterocycles. The molecule has 112 valence electrons. The van der Waals surface area contributed by atoms with Crippen molar-refractivity contribution in [3.8, 4) is 17.0 Å². The number of carbonyl (C=O) groups is 1. The summed E-state index contributed by atoms with van der Waals surface area (Å²) in [5.41, 5.74) is 1.03. The average molecular weight is 365 g/mol. The van der Waals surface area contributed by atoms with Crippen molar-refractivity contribution in [3.05, 3.63) is 46.7 Å². The van der Waals surface area contributed by atoms with E-state index in [1.54, 1.807) is 24.3 Å². The van der Waals surface area contributed by atoms with Gasteiger partial charge in [0, 0.05) is 11.6 Å². The molecule has 1 heterocycles. The standard InChI is InChI=1S/C15H9BrFNO4/c16-10-5-9-12(6-13(10)21-7-14(19)20)22-18-15(9)8-3-1-2-4-11(8)17/h1-6H,7H2,(H,19,20)/p-1. The number of aliphatic carboxylic acids is 1. The zero-order valence-electron chi connectivity index (χ0n) is 11.0. The Hall–Kier alpha value is -2.41. The SMILES string of the molecule is O=C([O-])COc1cc2onc(-c3ccccc3F)c2cc1Br. The highest BCUT2D eigenvalue weighted by Crippen LogP contribution is 2.36. The van der Waals surface area contributed by atoms with Crippen LogP contribution < -0.4 is 9.84 Å². The first-order valence-corrected chi connectivity index (χ1v) is 7.02. The maximum Gasteiger partial charge on any atom is 0.171 e. The van der Waals surface area contributed by atoms with Crippen LogP contribution in [0.1, 0.15) is 0 Å². The molecular weight excluding hydrogens is 357 g/mol. The molecule has 0 aliphatic carbocycles. The van der Waals surface area contributed by atoms with E-state index in [0.717, 1.165) is 0 Å². The van der Waals surface area contributed by atoms with Gasteiger partial charge in [-0.2, -0.15) is 0 Å². The zero-order chi connectivity index (χ0) is 15.7. The number of aromatic nitrogens is 1. The number of hydrogen-bond donors (Lipinski definition) is 0. The van der Waals surface area contributed by atoms with Crippen LogP contribution in [0.3, 0.4) is 0 Å². The summed E-state index contributed by atoms with van der Waals surface area (Å²) < 4.78 is 24.6. The first-order valence-electron chi connectivity index (χ1n) is 6.22. The number of carboxylic acids is 1. The minimum Gasteiger partial charge on any atom is -0.546 e. The number of carboxylic acid groups (broad SMARTS) is 1. The van der Waals surface area contributed by atoms with Gasteiger partial charge in [-0.1, -0.05) is 17.3 Å². The number of nitrogens with zero attached hydrogens (tertiary/aromatic N) is 1. The van der Waals surface area contributed by atoms with Gasteiger partial charge in [0.25, 0.3) is 0 Å². The minimum absolute atomic E-state index is 0.271. The Morgan fingerprint density at radius 1 is 1.36 bits per heavy atom. The molecule has 0 fully saturated rings. The second kappa shape index (κ2) is 5.76. The number of ether oxygens (including phenoxy) is 1.